The molecule has 0 bridgehead atoms. The SMILES string of the molecule is CC[C@H](C)NC(=O)c1cnn2c(C)c(Cc3c(C)cc(C)cc3C)c(C)nc12. The van der Waals surface area contributed by atoms with Crippen LogP contribution in [-0.4, -0.2) is 26.5 Å². The Labute approximate surface area is 167 Å². The third-order valence-corrected chi connectivity index (χ3v) is 5.64. The summed E-state index contributed by atoms with van der Waals surface area (Å²) < 4.78 is 1.80. The monoisotopic (exact) mass is 378 g/mol. The second-order valence-electron chi connectivity index (χ2n) is 7.89. The summed E-state index contributed by atoms with van der Waals surface area (Å²) >= 11 is 0. The quantitative estimate of drug-likeness (QED) is 0.716. The zero-order valence-corrected chi connectivity index (χ0v) is 18.0. The summed E-state index contributed by atoms with van der Waals surface area (Å²) in [6, 6.07) is 4.57. The number of aromatic nitrogens is 3. The molecule has 0 saturated carbocycles. The minimum atomic E-state index is -0.117. The van der Waals surface area contributed by atoms with Crippen LogP contribution in [0.15, 0.2) is 18.3 Å². The lowest BCUT2D eigenvalue weighted by atomic mass is 9.93. The average molecular weight is 379 g/mol. The van der Waals surface area contributed by atoms with Gasteiger partial charge in [0.2, 0.25) is 0 Å². The number of nitrogens with zero attached hydrogens (tertiary/aromatic N) is 3. The van der Waals surface area contributed by atoms with Gasteiger partial charge < -0.3 is 5.32 Å². The predicted octanol–water partition coefficient (Wildman–Crippen LogP) is 4.39. The summed E-state index contributed by atoms with van der Waals surface area (Å²) in [4.78, 5) is 17.4. The molecule has 0 spiro atoms. The van der Waals surface area contributed by atoms with Crippen molar-refractivity contribution < 1.29 is 4.79 Å². The third-order valence-electron chi connectivity index (χ3n) is 5.64. The highest BCUT2D eigenvalue weighted by atomic mass is 16.1. The van der Waals surface area contributed by atoms with Gasteiger partial charge in [-0.2, -0.15) is 5.10 Å². The fourth-order valence-corrected chi connectivity index (χ4v) is 3.80. The number of rotatable bonds is 5. The van der Waals surface area contributed by atoms with Crippen molar-refractivity contribution in [2.45, 2.75) is 67.3 Å². The highest BCUT2D eigenvalue weighted by Gasteiger charge is 2.20. The highest BCUT2D eigenvalue weighted by molar-refractivity contribution is 5.99. The molecule has 1 N–H and O–H groups in total. The van der Waals surface area contributed by atoms with Crippen molar-refractivity contribution in [1.82, 2.24) is 19.9 Å². The van der Waals surface area contributed by atoms with Crippen LogP contribution in [0.2, 0.25) is 0 Å². The van der Waals surface area contributed by atoms with Gasteiger partial charge in [0.25, 0.3) is 5.91 Å². The van der Waals surface area contributed by atoms with Crippen LogP contribution >= 0.6 is 0 Å². The van der Waals surface area contributed by atoms with E-state index in [4.69, 9.17) is 4.98 Å². The van der Waals surface area contributed by atoms with Gasteiger partial charge in [0.05, 0.1) is 6.20 Å². The van der Waals surface area contributed by atoms with Gasteiger partial charge in [-0.05, 0) is 70.2 Å². The first kappa shape index (κ1) is 20.1. The number of carbonyl (C=O) groups excluding carboxylic acids is 1. The molecule has 5 heteroatoms. The first-order valence-corrected chi connectivity index (χ1v) is 9.94. The Kier molecular flexibility index (Phi) is 5.54. The minimum absolute atomic E-state index is 0.117. The fraction of sp³-hybridized carbons (Fsp3) is 0.435. The Balaban J connectivity index is 2.04. The molecule has 2 aromatic heterocycles. The van der Waals surface area contributed by atoms with Gasteiger partial charge in [-0.3, -0.25) is 4.79 Å². The van der Waals surface area contributed by atoms with E-state index >= 15 is 0 Å². The summed E-state index contributed by atoms with van der Waals surface area (Å²) in [5, 5.41) is 7.47. The number of nitrogens with one attached hydrogen (secondary N) is 1. The number of carbonyl (C=O) groups is 1. The second kappa shape index (κ2) is 7.74. The summed E-state index contributed by atoms with van der Waals surface area (Å²) in [5.74, 6) is -0.117. The standard InChI is InChI=1S/C23H30N4O/c1-8-16(5)25-23(28)21-12-24-27-18(7)20(17(6)26-22(21)27)11-19-14(3)9-13(2)10-15(19)4/h9-10,12,16H,8,11H2,1-7H3,(H,25,28)/t16-/m0/s1. The van der Waals surface area contributed by atoms with Gasteiger partial charge in [0.1, 0.15) is 5.56 Å². The van der Waals surface area contributed by atoms with Crippen molar-refractivity contribution >= 4 is 11.6 Å². The van der Waals surface area contributed by atoms with E-state index in [2.05, 4.69) is 57.2 Å². The smallest absolute Gasteiger partial charge is 0.256 e. The molecule has 1 amide bonds. The Bertz CT molecular complexity index is 1030. The van der Waals surface area contributed by atoms with E-state index in [9.17, 15) is 4.79 Å². The molecule has 0 aliphatic heterocycles. The highest BCUT2D eigenvalue weighted by Crippen LogP contribution is 2.24. The number of amides is 1. The van der Waals surface area contributed by atoms with Gasteiger partial charge >= 0.3 is 0 Å². The summed E-state index contributed by atoms with van der Waals surface area (Å²) in [6.45, 7) is 14.6. The Morgan fingerprint density at radius 1 is 1.11 bits per heavy atom. The van der Waals surface area contributed by atoms with Crippen LogP contribution in [0, 0.1) is 34.6 Å². The molecule has 3 rings (SSSR count). The normalized spacial score (nSPS) is 12.4. The molecule has 3 aromatic rings. The Hall–Kier alpha value is -2.69. The van der Waals surface area contributed by atoms with Crippen LogP contribution < -0.4 is 5.32 Å². The van der Waals surface area contributed by atoms with E-state index in [1.807, 2.05) is 13.8 Å². The molecule has 0 fully saturated rings. The molecular formula is C23H30N4O. The second-order valence-corrected chi connectivity index (χ2v) is 7.89. The molecule has 1 atom stereocenters. The van der Waals surface area contributed by atoms with Crippen LogP contribution in [0.5, 0.6) is 0 Å². The van der Waals surface area contributed by atoms with Crippen molar-refractivity contribution in [3.05, 3.63) is 63.1 Å². The van der Waals surface area contributed by atoms with Crippen molar-refractivity contribution in [3.8, 4) is 0 Å². The lowest BCUT2D eigenvalue weighted by molar-refractivity contribution is 0.0940. The number of fused-ring (bicyclic) bond motifs is 1. The number of aryl methyl sites for hydroxylation is 5. The van der Waals surface area contributed by atoms with Gasteiger partial charge in [0, 0.05) is 23.9 Å². The molecule has 148 valence electrons. The molecule has 1 aromatic carbocycles. The van der Waals surface area contributed by atoms with Crippen molar-refractivity contribution in [3.63, 3.8) is 0 Å². The molecule has 2 heterocycles. The van der Waals surface area contributed by atoms with Crippen molar-refractivity contribution in [2.75, 3.05) is 0 Å². The maximum absolute atomic E-state index is 12.6. The molecule has 0 aliphatic rings. The fourth-order valence-electron chi connectivity index (χ4n) is 3.80. The lowest BCUT2D eigenvalue weighted by Crippen LogP contribution is -2.31. The van der Waals surface area contributed by atoms with Gasteiger partial charge in [-0.15, -0.1) is 0 Å². The van der Waals surface area contributed by atoms with E-state index in [0.29, 0.717) is 11.2 Å². The predicted molar refractivity (Wildman–Crippen MR) is 113 cm³/mol. The van der Waals surface area contributed by atoms with E-state index in [0.717, 1.165) is 24.2 Å². The number of benzene rings is 1. The zero-order valence-electron chi connectivity index (χ0n) is 18.0. The van der Waals surface area contributed by atoms with Crippen molar-refractivity contribution in [2.24, 2.45) is 0 Å². The van der Waals surface area contributed by atoms with E-state index < -0.39 is 0 Å². The third kappa shape index (κ3) is 3.66. The number of hydrogen-bond donors (Lipinski definition) is 1. The summed E-state index contributed by atoms with van der Waals surface area (Å²) in [7, 11) is 0. The molecule has 0 saturated heterocycles. The largest absolute Gasteiger partial charge is 0.349 e. The summed E-state index contributed by atoms with van der Waals surface area (Å²) in [5.41, 5.74) is 9.50. The zero-order chi connectivity index (χ0) is 20.6. The van der Waals surface area contributed by atoms with Crippen LogP contribution in [0.1, 0.15) is 69.8 Å². The first-order chi connectivity index (χ1) is 13.2. The minimum Gasteiger partial charge on any atom is -0.349 e. The molecular weight excluding hydrogens is 348 g/mol. The van der Waals surface area contributed by atoms with Gasteiger partial charge in [-0.25, -0.2) is 9.50 Å². The molecule has 5 nitrogen and oxygen atoms in total. The molecule has 0 unspecified atom stereocenters. The van der Waals surface area contributed by atoms with E-state index in [-0.39, 0.29) is 11.9 Å². The Morgan fingerprint density at radius 3 is 2.36 bits per heavy atom. The lowest BCUT2D eigenvalue weighted by Gasteiger charge is -2.16. The number of hydrogen-bond acceptors (Lipinski definition) is 3. The van der Waals surface area contributed by atoms with Gasteiger partial charge in [-0.1, -0.05) is 24.6 Å². The first-order valence-electron chi connectivity index (χ1n) is 9.94. The average Bonchev–Trinajstić information content (AvgIpc) is 3.04. The molecule has 0 aliphatic carbocycles. The Morgan fingerprint density at radius 2 is 1.75 bits per heavy atom. The molecule has 0 radical (unpaired) electrons. The van der Waals surface area contributed by atoms with Crippen LogP contribution in [0.4, 0.5) is 0 Å². The van der Waals surface area contributed by atoms with E-state index in [1.54, 1.807) is 10.7 Å². The van der Waals surface area contributed by atoms with Crippen molar-refractivity contribution in [1.29, 1.82) is 0 Å². The topological polar surface area (TPSA) is 59.3 Å². The van der Waals surface area contributed by atoms with Crippen LogP contribution in [-0.2, 0) is 6.42 Å². The van der Waals surface area contributed by atoms with E-state index in [1.165, 1.54) is 27.8 Å². The maximum atomic E-state index is 12.6. The van der Waals surface area contributed by atoms with Crippen LogP contribution in [0.3, 0.4) is 0 Å². The van der Waals surface area contributed by atoms with Crippen LogP contribution in [0.25, 0.3) is 5.65 Å². The summed E-state index contributed by atoms with van der Waals surface area (Å²) in [6.07, 6.45) is 3.32. The van der Waals surface area contributed by atoms with Gasteiger partial charge in [0.15, 0.2) is 5.65 Å². The molecule has 28 heavy (non-hydrogen) atoms. The maximum Gasteiger partial charge on any atom is 0.256 e.